The quantitative estimate of drug-likeness (QED) is 0.0979. The smallest absolute Gasteiger partial charge is 0.254 e. The van der Waals surface area contributed by atoms with Crippen molar-refractivity contribution < 1.29 is 14.4 Å². The van der Waals surface area contributed by atoms with Gasteiger partial charge in [-0.25, -0.2) is 0 Å². The average molecular weight is 733 g/mol. The molecule has 3 aromatic heterocycles. The van der Waals surface area contributed by atoms with Gasteiger partial charge in [-0.3, -0.25) is 33.9 Å². The Labute approximate surface area is 310 Å². The Hall–Kier alpha value is -5.38. The first-order valence-corrected chi connectivity index (χ1v) is 18.4. The van der Waals surface area contributed by atoms with E-state index in [0.717, 1.165) is 67.9 Å². The molecule has 2 atom stereocenters. The second kappa shape index (κ2) is 14.7. The van der Waals surface area contributed by atoms with Gasteiger partial charge >= 0.3 is 0 Å². The first-order chi connectivity index (χ1) is 25.1. The summed E-state index contributed by atoms with van der Waals surface area (Å²) in [5, 5.41) is 17.4. The van der Waals surface area contributed by atoms with Crippen LogP contribution >= 0.6 is 22.9 Å². The number of piperidine rings is 1. The third kappa shape index (κ3) is 6.81. The van der Waals surface area contributed by atoms with Crippen molar-refractivity contribution in [2.75, 3.05) is 6.54 Å². The summed E-state index contributed by atoms with van der Waals surface area (Å²) in [5.74, 6) is 7.41. The predicted molar refractivity (Wildman–Crippen MR) is 201 cm³/mol. The summed E-state index contributed by atoms with van der Waals surface area (Å²) < 4.78 is 3.98. The molecule has 0 bridgehead atoms. The molecule has 0 radical (unpaired) electrons. The van der Waals surface area contributed by atoms with Gasteiger partial charge in [-0.2, -0.15) is 5.10 Å². The van der Waals surface area contributed by atoms with E-state index in [1.165, 1.54) is 0 Å². The van der Waals surface area contributed by atoms with E-state index in [1.54, 1.807) is 40.7 Å². The SMILES string of the molecule is C=C/C=C\C1=C(CCCCn2cc(C#Cc3sc4c(c3C)C(c3ccc(Cl)cc3)=N[C@@H](C)c3nnc(C)n3-4)cn2)CN(C2CCC(=O)NC2=O)C1=O. The molecule has 6 heterocycles. The predicted octanol–water partition coefficient (Wildman–Crippen LogP) is 5.96. The van der Waals surface area contributed by atoms with Gasteiger partial charge in [0, 0.05) is 47.4 Å². The molecule has 11 nitrogen and oxygen atoms in total. The van der Waals surface area contributed by atoms with Crippen molar-refractivity contribution >= 4 is 46.4 Å². The van der Waals surface area contributed by atoms with Crippen molar-refractivity contribution in [3.63, 3.8) is 0 Å². The fraction of sp³-hybridized carbons (Fsp3) is 0.308. The van der Waals surface area contributed by atoms with Gasteiger partial charge in [-0.15, -0.1) is 21.5 Å². The molecular formula is C39H37ClN8O3S. The van der Waals surface area contributed by atoms with Gasteiger partial charge in [0.05, 0.1) is 22.3 Å². The number of aromatic nitrogens is 5. The maximum atomic E-state index is 13.3. The molecule has 1 saturated heterocycles. The summed E-state index contributed by atoms with van der Waals surface area (Å²) in [6, 6.07) is 6.91. The molecule has 52 heavy (non-hydrogen) atoms. The Bertz CT molecular complexity index is 2260. The van der Waals surface area contributed by atoms with Crippen LogP contribution in [0, 0.1) is 25.7 Å². The van der Waals surface area contributed by atoms with E-state index in [4.69, 9.17) is 16.6 Å². The number of fused-ring (bicyclic) bond motifs is 3. The highest BCUT2D eigenvalue weighted by Gasteiger charge is 2.39. The van der Waals surface area contributed by atoms with Crippen LogP contribution in [-0.2, 0) is 20.9 Å². The van der Waals surface area contributed by atoms with Gasteiger partial charge in [-0.05, 0) is 75.8 Å². The van der Waals surface area contributed by atoms with E-state index < -0.39 is 11.9 Å². The number of nitrogens with zero attached hydrogens (tertiary/aromatic N) is 7. The van der Waals surface area contributed by atoms with E-state index in [9.17, 15) is 14.4 Å². The van der Waals surface area contributed by atoms with Gasteiger partial charge in [0.25, 0.3) is 5.91 Å². The number of thiophene rings is 1. The van der Waals surface area contributed by atoms with Crippen molar-refractivity contribution in [2.45, 2.75) is 71.5 Å². The molecule has 0 spiro atoms. The minimum absolute atomic E-state index is 0.185. The summed E-state index contributed by atoms with van der Waals surface area (Å²) in [4.78, 5) is 45.1. The number of aliphatic imine (C=N–C) groups is 1. The van der Waals surface area contributed by atoms with Crippen LogP contribution in [-0.4, -0.2) is 65.5 Å². The Morgan fingerprint density at radius 1 is 1.12 bits per heavy atom. The minimum atomic E-state index is -0.641. The highest BCUT2D eigenvalue weighted by Crippen LogP contribution is 2.39. The van der Waals surface area contributed by atoms with Gasteiger partial charge in [-0.1, -0.05) is 54.3 Å². The maximum absolute atomic E-state index is 13.3. The summed E-state index contributed by atoms with van der Waals surface area (Å²) >= 11 is 7.83. The van der Waals surface area contributed by atoms with Gasteiger partial charge in [0.2, 0.25) is 11.8 Å². The molecule has 13 heteroatoms. The third-order valence-electron chi connectivity index (χ3n) is 9.52. The van der Waals surface area contributed by atoms with Crippen LogP contribution in [0.25, 0.3) is 5.00 Å². The maximum Gasteiger partial charge on any atom is 0.254 e. The van der Waals surface area contributed by atoms with Crippen molar-refractivity contribution in [1.29, 1.82) is 0 Å². The zero-order valence-corrected chi connectivity index (χ0v) is 30.7. The van der Waals surface area contributed by atoms with Gasteiger partial charge in [0.1, 0.15) is 22.9 Å². The normalized spacial score (nSPS) is 18.6. The highest BCUT2D eigenvalue weighted by molar-refractivity contribution is 7.15. The monoisotopic (exact) mass is 732 g/mol. The summed E-state index contributed by atoms with van der Waals surface area (Å²) in [6.45, 7) is 10.9. The molecule has 4 aromatic rings. The number of nitrogens with one attached hydrogen (secondary N) is 1. The lowest BCUT2D eigenvalue weighted by Gasteiger charge is -2.30. The van der Waals surface area contributed by atoms with E-state index in [-0.39, 0.29) is 24.3 Å². The zero-order chi connectivity index (χ0) is 36.5. The van der Waals surface area contributed by atoms with Gasteiger partial charge in [0.15, 0.2) is 5.82 Å². The lowest BCUT2D eigenvalue weighted by Crippen LogP contribution is -2.53. The molecule has 1 aromatic carbocycles. The number of aryl methyl sites for hydroxylation is 2. The second-order valence-corrected chi connectivity index (χ2v) is 14.5. The molecule has 3 amide bonds. The van der Waals surface area contributed by atoms with Crippen LogP contribution in [0.3, 0.4) is 0 Å². The molecule has 264 valence electrons. The second-order valence-electron chi connectivity index (χ2n) is 13.0. The number of unbranched alkanes of at least 4 members (excludes halogenated alkanes) is 1. The molecule has 1 N–H and O–H groups in total. The number of allylic oxidation sites excluding steroid dienone is 2. The van der Waals surface area contributed by atoms with Gasteiger partial charge < -0.3 is 4.90 Å². The van der Waals surface area contributed by atoms with E-state index in [0.29, 0.717) is 36.5 Å². The lowest BCUT2D eigenvalue weighted by atomic mass is 9.99. The summed E-state index contributed by atoms with van der Waals surface area (Å²) in [5.41, 5.74) is 6.30. The molecule has 3 aliphatic heterocycles. The summed E-state index contributed by atoms with van der Waals surface area (Å²) in [7, 11) is 0. The van der Waals surface area contributed by atoms with Crippen molar-refractivity contribution in [3.05, 3.63) is 116 Å². The highest BCUT2D eigenvalue weighted by atomic mass is 35.5. The van der Waals surface area contributed by atoms with E-state index >= 15 is 0 Å². The zero-order valence-electron chi connectivity index (χ0n) is 29.1. The fourth-order valence-corrected chi connectivity index (χ4v) is 8.20. The van der Waals surface area contributed by atoms with Crippen LogP contribution in [0.2, 0.25) is 5.02 Å². The Balaban J connectivity index is 1.04. The average Bonchev–Trinajstić information content (AvgIpc) is 3.87. The first kappa shape index (κ1) is 35.0. The van der Waals surface area contributed by atoms with E-state index in [1.807, 2.05) is 49.0 Å². The van der Waals surface area contributed by atoms with Crippen molar-refractivity contribution in [2.24, 2.45) is 4.99 Å². The number of hydrogen-bond acceptors (Lipinski definition) is 8. The topological polar surface area (TPSA) is 127 Å². The molecule has 1 unspecified atom stereocenters. The molecule has 3 aliphatic rings. The Morgan fingerprint density at radius 2 is 1.92 bits per heavy atom. The van der Waals surface area contributed by atoms with Crippen LogP contribution in [0.5, 0.6) is 0 Å². The molecule has 0 aliphatic carbocycles. The number of imide groups is 1. The van der Waals surface area contributed by atoms with Crippen LogP contribution in [0.1, 0.15) is 83.8 Å². The molecule has 0 saturated carbocycles. The van der Waals surface area contributed by atoms with Crippen molar-refractivity contribution in [1.82, 2.24) is 34.8 Å². The van der Waals surface area contributed by atoms with Crippen LogP contribution in [0.15, 0.2) is 77.6 Å². The Morgan fingerprint density at radius 3 is 2.69 bits per heavy atom. The van der Waals surface area contributed by atoms with Crippen molar-refractivity contribution in [3.8, 4) is 16.8 Å². The number of rotatable bonds is 9. The number of halogens is 1. The largest absolute Gasteiger partial charge is 0.323 e. The Kier molecular flexibility index (Phi) is 9.90. The number of hydrogen-bond donors (Lipinski definition) is 1. The standard InChI is InChI=1S/C39H37ClN8O3S/c1-5-6-10-30-28(22-47(38(30)51)31-16-18-33(49)43-37(31)50)9-7-8-19-46-21-26(20-41-46)11-17-32-23(2)34-35(27-12-14-29(40)15-13-27)42-24(3)36-45-44-25(4)48(36)39(34)52-32/h5-6,10,12-15,20-21,24,31H,1,7-9,16,18-19,22H2,2-4H3,(H,43,49,50)/b10-6-/t24-,31?/m0/s1. The third-order valence-corrected chi connectivity index (χ3v) is 11.0. The first-order valence-electron chi connectivity index (χ1n) is 17.2. The lowest BCUT2D eigenvalue weighted by molar-refractivity contribution is -0.142. The molecular weight excluding hydrogens is 696 g/mol. The molecule has 7 rings (SSSR count). The molecule has 1 fully saturated rings. The fourth-order valence-electron chi connectivity index (χ4n) is 6.85. The van der Waals surface area contributed by atoms with Crippen LogP contribution < -0.4 is 5.32 Å². The number of amides is 3. The van der Waals surface area contributed by atoms with Crippen LogP contribution in [0.4, 0.5) is 0 Å². The number of carbonyl (C=O) groups is 3. The number of benzene rings is 1. The van der Waals surface area contributed by atoms with E-state index in [2.05, 4.69) is 50.5 Å². The summed E-state index contributed by atoms with van der Waals surface area (Å²) in [6.07, 6.45) is 11.8. The minimum Gasteiger partial charge on any atom is -0.323 e. The number of carbonyl (C=O) groups excluding carboxylic acids is 3.